The van der Waals surface area contributed by atoms with Crippen molar-refractivity contribution >= 4 is 17.6 Å². The molecule has 2 aliphatic rings. The zero-order chi connectivity index (χ0) is 30.6. The molecule has 0 aliphatic carbocycles. The molecule has 0 atom stereocenters. The largest absolute Gasteiger partial charge is 0.490 e. The molecule has 0 aromatic heterocycles. The van der Waals surface area contributed by atoms with E-state index < -0.39 is 24.3 Å². The van der Waals surface area contributed by atoms with Gasteiger partial charge in [0.25, 0.3) is 0 Å². The van der Waals surface area contributed by atoms with E-state index >= 15 is 0 Å². The molecule has 0 bridgehead atoms. The molecule has 2 aromatic carbocycles. The molecular formula is C28H35F6N3O4. The Labute approximate surface area is 234 Å². The second kappa shape index (κ2) is 15.6. The first-order chi connectivity index (χ1) is 19.2. The zero-order valence-corrected chi connectivity index (χ0v) is 22.6. The smallest absolute Gasteiger partial charge is 0.475 e. The maximum atomic E-state index is 10.6. The van der Waals surface area contributed by atoms with Gasteiger partial charge in [-0.1, -0.05) is 36.4 Å². The lowest BCUT2D eigenvalue weighted by Gasteiger charge is -2.35. The number of aryl methyl sites for hydroxylation is 1. The van der Waals surface area contributed by atoms with E-state index in [0.717, 1.165) is 19.0 Å². The van der Waals surface area contributed by atoms with Crippen LogP contribution in [-0.4, -0.2) is 73.3 Å². The third-order valence-electron chi connectivity index (χ3n) is 6.80. The predicted molar refractivity (Wildman–Crippen MR) is 143 cm³/mol. The lowest BCUT2D eigenvalue weighted by atomic mass is 9.96. The Kier molecular flexibility index (Phi) is 12.9. The van der Waals surface area contributed by atoms with Gasteiger partial charge >= 0.3 is 24.3 Å². The summed E-state index contributed by atoms with van der Waals surface area (Å²) in [7, 11) is 0. The van der Waals surface area contributed by atoms with Crippen LogP contribution in [0.2, 0.25) is 0 Å². The third-order valence-corrected chi connectivity index (χ3v) is 6.80. The summed E-state index contributed by atoms with van der Waals surface area (Å²) >= 11 is 0. The molecule has 4 rings (SSSR count). The van der Waals surface area contributed by atoms with Crippen molar-refractivity contribution in [2.24, 2.45) is 5.92 Å². The molecule has 2 heterocycles. The normalized spacial score (nSPS) is 16.6. The number of nitrogens with zero attached hydrogens (tertiary/aromatic N) is 1. The van der Waals surface area contributed by atoms with Crippen molar-refractivity contribution in [2.75, 3.05) is 37.6 Å². The van der Waals surface area contributed by atoms with E-state index in [9.17, 15) is 26.3 Å². The highest BCUT2D eigenvalue weighted by Crippen LogP contribution is 2.28. The minimum atomic E-state index is -5.08. The van der Waals surface area contributed by atoms with Gasteiger partial charge in [-0.15, -0.1) is 0 Å². The Morgan fingerprint density at radius 2 is 1.41 bits per heavy atom. The van der Waals surface area contributed by atoms with Gasteiger partial charge in [0, 0.05) is 24.8 Å². The van der Waals surface area contributed by atoms with Crippen molar-refractivity contribution in [2.45, 2.75) is 51.0 Å². The van der Waals surface area contributed by atoms with Crippen LogP contribution in [0, 0.1) is 12.8 Å². The van der Waals surface area contributed by atoms with Crippen molar-refractivity contribution in [1.29, 1.82) is 0 Å². The van der Waals surface area contributed by atoms with Gasteiger partial charge in [-0.25, -0.2) is 9.59 Å². The number of alkyl halides is 6. The van der Waals surface area contributed by atoms with Gasteiger partial charge in [0.05, 0.1) is 0 Å². The van der Waals surface area contributed by atoms with Crippen molar-refractivity contribution in [3.05, 3.63) is 54.1 Å². The Bertz CT molecular complexity index is 1090. The van der Waals surface area contributed by atoms with E-state index in [2.05, 4.69) is 71.0 Å². The van der Waals surface area contributed by atoms with Crippen molar-refractivity contribution in [1.82, 2.24) is 10.6 Å². The summed E-state index contributed by atoms with van der Waals surface area (Å²) < 4.78 is 63.5. The number of hydrogen-bond acceptors (Lipinski definition) is 5. The highest BCUT2D eigenvalue weighted by Gasteiger charge is 2.38. The monoisotopic (exact) mass is 591 g/mol. The summed E-state index contributed by atoms with van der Waals surface area (Å²) in [4.78, 5) is 20.4. The van der Waals surface area contributed by atoms with Crippen LogP contribution in [0.15, 0.2) is 48.5 Å². The summed E-state index contributed by atoms with van der Waals surface area (Å²) in [5.74, 6) is -4.64. The van der Waals surface area contributed by atoms with Gasteiger partial charge in [-0.2, -0.15) is 26.3 Å². The number of hydrogen-bond donors (Lipinski definition) is 4. The highest BCUT2D eigenvalue weighted by atomic mass is 19.4. The Morgan fingerprint density at radius 1 is 0.878 bits per heavy atom. The van der Waals surface area contributed by atoms with E-state index in [0.29, 0.717) is 6.04 Å². The van der Waals surface area contributed by atoms with Crippen LogP contribution >= 0.6 is 0 Å². The molecular weight excluding hydrogens is 556 g/mol. The standard InChI is InChI=1S/C24H33N3.2C2HF3O2/c1-19-5-2-3-8-24(19)21-6-4-7-23(17-21)27-15-11-22(12-16-27)26-18-20-9-13-25-14-10-20;2*3-2(4,5)1(6)7/h2-8,17,20,22,25-26H,9-16,18H2,1H3;2*(H,6,7). The molecule has 41 heavy (non-hydrogen) atoms. The molecule has 13 heteroatoms. The fourth-order valence-corrected chi connectivity index (χ4v) is 4.53. The van der Waals surface area contributed by atoms with Crippen LogP contribution in [0.3, 0.4) is 0 Å². The molecule has 0 amide bonds. The second-order valence-electron chi connectivity index (χ2n) is 9.83. The minimum absolute atomic E-state index is 0.690. The number of aliphatic carboxylic acids is 2. The number of carbonyl (C=O) groups is 2. The molecule has 2 aromatic rings. The van der Waals surface area contributed by atoms with Gasteiger partial charge in [0.2, 0.25) is 0 Å². The van der Waals surface area contributed by atoms with Crippen molar-refractivity contribution in [3.8, 4) is 11.1 Å². The number of anilines is 1. The average molecular weight is 592 g/mol. The number of halogens is 6. The van der Waals surface area contributed by atoms with Crippen LogP contribution in [0.4, 0.5) is 32.0 Å². The van der Waals surface area contributed by atoms with Crippen LogP contribution in [0.1, 0.15) is 31.2 Å². The lowest BCUT2D eigenvalue weighted by Crippen LogP contribution is -2.45. The Morgan fingerprint density at radius 3 is 1.93 bits per heavy atom. The third kappa shape index (κ3) is 12.0. The summed E-state index contributed by atoms with van der Waals surface area (Å²) in [6.45, 7) is 8.10. The van der Waals surface area contributed by atoms with Gasteiger partial charge in [-0.3, -0.25) is 0 Å². The van der Waals surface area contributed by atoms with E-state index in [1.54, 1.807) is 0 Å². The number of carboxylic acid groups (broad SMARTS) is 2. The lowest BCUT2D eigenvalue weighted by molar-refractivity contribution is -0.193. The van der Waals surface area contributed by atoms with Crippen LogP contribution < -0.4 is 15.5 Å². The van der Waals surface area contributed by atoms with Gasteiger partial charge in [0.1, 0.15) is 0 Å². The molecule has 0 spiro atoms. The Balaban J connectivity index is 0.000000349. The van der Waals surface area contributed by atoms with Gasteiger partial charge in [0.15, 0.2) is 0 Å². The van der Waals surface area contributed by atoms with E-state index in [1.165, 1.54) is 67.7 Å². The van der Waals surface area contributed by atoms with Crippen LogP contribution in [0.25, 0.3) is 11.1 Å². The predicted octanol–water partition coefficient (Wildman–Crippen LogP) is 5.49. The second-order valence-corrected chi connectivity index (χ2v) is 9.83. The zero-order valence-electron chi connectivity index (χ0n) is 22.6. The van der Waals surface area contributed by atoms with Crippen molar-refractivity contribution in [3.63, 3.8) is 0 Å². The van der Waals surface area contributed by atoms with E-state index in [-0.39, 0.29) is 0 Å². The summed E-state index contributed by atoms with van der Waals surface area (Å²) in [6.07, 6.45) is -5.01. The SMILES string of the molecule is Cc1ccccc1-c1cccc(N2CCC(NCC3CCNCC3)CC2)c1.O=C(O)C(F)(F)F.O=C(O)C(F)(F)F. The fourth-order valence-electron chi connectivity index (χ4n) is 4.53. The van der Waals surface area contributed by atoms with Crippen LogP contribution in [-0.2, 0) is 9.59 Å². The molecule has 228 valence electrons. The summed E-state index contributed by atoms with van der Waals surface area (Å²) in [6, 6.07) is 18.4. The molecule has 2 aliphatic heterocycles. The number of benzene rings is 2. The maximum Gasteiger partial charge on any atom is 0.490 e. The topological polar surface area (TPSA) is 102 Å². The maximum absolute atomic E-state index is 10.6. The van der Waals surface area contributed by atoms with Gasteiger partial charge < -0.3 is 25.7 Å². The number of piperidine rings is 2. The molecule has 0 saturated carbocycles. The van der Waals surface area contributed by atoms with E-state index in [4.69, 9.17) is 19.8 Å². The minimum Gasteiger partial charge on any atom is -0.475 e. The fraction of sp³-hybridized carbons (Fsp3) is 0.500. The molecule has 2 saturated heterocycles. The highest BCUT2D eigenvalue weighted by molar-refractivity contribution is 5.73. The first-order valence-electron chi connectivity index (χ1n) is 13.1. The summed E-state index contributed by atoms with van der Waals surface area (Å²) in [5.41, 5.74) is 5.39. The Hall–Kier alpha value is -3.32. The van der Waals surface area contributed by atoms with Gasteiger partial charge in [-0.05, 0) is 87.0 Å². The molecule has 2 fully saturated rings. The molecule has 0 radical (unpaired) electrons. The first kappa shape index (κ1) is 33.9. The summed E-state index contributed by atoms with van der Waals surface area (Å²) in [5, 5.41) is 21.6. The first-order valence-corrected chi connectivity index (χ1v) is 13.1. The molecule has 7 nitrogen and oxygen atoms in total. The average Bonchev–Trinajstić information content (AvgIpc) is 2.93. The molecule has 0 unspecified atom stereocenters. The number of carboxylic acids is 2. The van der Waals surface area contributed by atoms with E-state index in [1.807, 2.05) is 0 Å². The number of nitrogens with one attached hydrogen (secondary N) is 2. The van der Waals surface area contributed by atoms with Crippen molar-refractivity contribution < 1.29 is 46.1 Å². The molecule has 4 N–H and O–H groups in total. The number of rotatable bonds is 5. The van der Waals surface area contributed by atoms with Crippen LogP contribution in [0.5, 0.6) is 0 Å². The quantitative estimate of drug-likeness (QED) is 0.342.